The molecule has 0 amide bonds. The first kappa shape index (κ1) is 13.0. The van der Waals surface area contributed by atoms with Gasteiger partial charge in [-0.25, -0.2) is 14.4 Å². The predicted molar refractivity (Wildman–Crippen MR) is 78.3 cm³/mol. The van der Waals surface area contributed by atoms with Gasteiger partial charge < -0.3 is 5.32 Å². The maximum atomic E-state index is 13.2. The topological polar surface area (TPSA) is 37.8 Å². The van der Waals surface area contributed by atoms with Gasteiger partial charge in [-0.1, -0.05) is 0 Å². The van der Waals surface area contributed by atoms with E-state index in [2.05, 4.69) is 15.3 Å². The minimum absolute atomic E-state index is 0.225. The zero-order valence-corrected chi connectivity index (χ0v) is 11.8. The van der Waals surface area contributed by atoms with Gasteiger partial charge in [0.1, 0.15) is 11.6 Å². The number of rotatable bonds is 4. The lowest BCUT2D eigenvalue weighted by Crippen LogP contribution is -2.04. The third kappa shape index (κ3) is 2.64. The maximum Gasteiger partial charge on any atom is 0.162 e. The first-order chi connectivity index (χ1) is 9.67. The van der Waals surface area contributed by atoms with Crippen molar-refractivity contribution in [3.63, 3.8) is 0 Å². The van der Waals surface area contributed by atoms with Crippen LogP contribution in [-0.4, -0.2) is 16.5 Å². The smallest absolute Gasteiger partial charge is 0.162 e. The van der Waals surface area contributed by atoms with Crippen molar-refractivity contribution in [1.82, 2.24) is 9.97 Å². The maximum absolute atomic E-state index is 13.2. The van der Waals surface area contributed by atoms with Crippen molar-refractivity contribution in [2.24, 2.45) is 0 Å². The van der Waals surface area contributed by atoms with E-state index in [9.17, 15) is 4.39 Å². The van der Waals surface area contributed by atoms with Crippen LogP contribution in [-0.2, 0) is 0 Å². The van der Waals surface area contributed by atoms with Gasteiger partial charge in [-0.2, -0.15) is 0 Å². The van der Waals surface area contributed by atoms with Gasteiger partial charge in [0.25, 0.3) is 0 Å². The van der Waals surface area contributed by atoms with E-state index in [1.54, 1.807) is 6.07 Å². The third-order valence-electron chi connectivity index (χ3n) is 3.53. The summed E-state index contributed by atoms with van der Waals surface area (Å²) in [5, 5.41) is 3.25. The molecule has 2 aromatic rings. The lowest BCUT2D eigenvalue weighted by Gasteiger charge is -2.10. The van der Waals surface area contributed by atoms with Crippen molar-refractivity contribution in [1.29, 1.82) is 0 Å². The Morgan fingerprint density at radius 1 is 1.25 bits per heavy atom. The number of hydrogen-bond acceptors (Lipinski definition) is 3. The molecule has 3 nitrogen and oxygen atoms in total. The fourth-order valence-electron chi connectivity index (χ4n) is 2.32. The number of benzene rings is 1. The molecule has 1 aliphatic rings. The van der Waals surface area contributed by atoms with Crippen LogP contribution in [0.1, 0.15) is 36.9 Å². The minimum atomic E-state index is -0.225. The van der Waals surface area contributed by atoms with E-state index >= 15 is 0 Å². The summed E-state index contributed by atoms with van der Waals surface area (Å²) >= 11 is 0. The van der Waals surface area contributed by atoms with Crippen LogP contribution in [0.2, 0.25) is 0 Å². The quantitative estimate of drug-likeness (QED) is 0.916. The lowest BCUT2D eigenvalue weighted by atomic mass is 10.1. The van der Waals surface area contributed by atoms with E-state index < -0.39 is 0 Å². The predicted octanol–water partition coefficient (Wildman–Crippen LogP) is 3.90. The molecule has 1 fully saturated rings. The second kappa shape index (κ2) is 5.19. The zero-order valence-electron chi connectivity index (χ0n) is 11.8. The molecule has 104 valence electrons. The molecule has 0 bridgehead atoms. The molecule has 0 saturated heterocycles. The van der Waals surface area contributed by atoms with Crippen molar-refractivity contribution < 1.29 is 4.39 Å². The largest absolute Gasteiger partial charge is 0.370 e. The summed E-state index contributed by atoms with van der Waals surface area (Å²) in [5.74, 6) is 1.87. The summed E-state index contributed by atoms with van der Waals surface area (Å²) < 4.78 is 13.2. The SMILES string of the molecule is CCNc1cc(C2CC2)nc(-c2ccc(F)cc2C)n1. The van der Waals surface area contributed by atoms with Crippen LogP contribution < -0.4 is 5.32 Å². The summed E-state index contributed by atoms with van der Waals surface area (Å²) in [6.07, 6.45) is 2.40. The van der Waals surface area contributed by atoms with Gasteiger partial charge in [-0.15, -0.1) is 0 Å². The molecule has 1 saturated carbocycles. The summed E-state index contributed by atoms with van der Waals surface area (Å²) in [7, 11) is 0. The Morgan fingerprint density at radius 3 is 2.70 bits per heavy atom. The van der Waals surface area contributed by atoms with Crippen LogP contribution in [0.25, 0.3) is 11.4 Å². The highest BCUT2D eigenvalue weighted by atomic mass is 19.1. The molecule has 0 spiro atoms. The van der Waals surface area contributed by atoms with Gasteiger partial charge in [0.2, 0.25) is 0 Å². The standard InChI is InChI=1S/C16H18FN3/c1-3-18-15-9-14(11-4-5-11)19-16(20-15)13-7-6-12(17)8-10(13)2/h6-9,11H,3-5H2,1-2H3,(H,18,19,20). The van der Waals surface area contributed by atoms with Gasteiger partial charge in [-0.05, 0) is 50.5 Å². The molecule has 0 radical (unpaired) electrons. The van der Waals surface area contributed by atoms with E-state index in [-0.39, 0.29) is 5.82 Å². The fourth-order valence-corrected chi connectivity index (χ4v) is 2.32. The van der Waals surface area contributed by atoms with Crippen LogP contribution in [0.3, 0.4) is 0 Å². The molecule has 0 unspecified atom stereocenters. The van der Waals surface area contributed by atoms with E-state index in [0.717, 1.165) is 29.2 Å². The molecule has 0 aliphatic heterocycles. The Kier molecular flexibility index (Phi) is 3.38. The highest BCUT2D eigenvalue weighted by Crippen LogP contribution is 2.40. The van der Waals surface area contributed by atoms with Gasteiger partial charge in [0.05, 0.1) is 0 Å². The van der Waals surface area contributed by atoms with E-state index in [1.807, 2.05) is 19.9 Å². The molecule has 1 aliphatic carbocycles. The summed E-state index contributed by atoms with van der Waals surface area (Å²) in [6.45, 7) is 4.75. The van der Waals surface area contributed by atoms with Crippen LogP contribution in [0, 0.1) is 12.7 Å². The Balaban J connectivity index is 2.06. The third-order valence-corrected chi connectivity index (χ3v) is 3.53. The van der Waals surface area contributed by atoms with Crippen LogP contribution >= 0.6 is 0 Å². The Labute approximate surface area is 118 Å². The first-order valence-corrected chi connectivity index (χ1v) is 7.06. The molecule has 20 heavy (non-hydrogen) atoms. The first-order valence-electron chi connectivity index (χ1n) is 7.06. The second-order valence-corrected chi connectivity index (χ2v) is 5.27. The van der Waals surface area contributed by atoms with Gasteiger partial charge in [-0.3, -0.25) is 0 Å². The Bertz CT molecular complexity index is 636. The number of anilines is 1. The Morgan fingerprint density at radius 2 is 2.05 bits per heavy atom. The number of halogens is 1. The molecule has 3 rings (SSSR count). The molecule has 4 heteroatoms. The highest BCUT2D eigenvalue weighted by Gasteiger charge is 2.26. The van der Waals surface area contributed by atoms with Crippen molar-refractivity contribution in [3.8, 4) is 11.4 Å². The second-order valence-electron chi connectivity index (χ2n) is 5.27. The van der Waals surface area contributed by atoms with E-state index in [4.69, 9.17) is 0 Å². The van der Waals surface area contributed by atoms with Gasteiger partial charge in [0.15, 0.2) is 5.82 Å². The lowest BCUT2D eigenvalue weighted by molar-refractivity contribution is 0.627. The molecule has 1 aromatic heterocycles. The minimum Gasteiger partial charge on any atom is -0.370 e. The highest BCUT2D eigenvalue weighted by molar-refractivity contribution is 5.62. The van der Waals surface area contributed by atoms with Gasteiger partial charge >= 0.3 is 0 Å². The van der Waals surface area contributed by atoms with Crippen molar-refractivity contribution in [2.75, 3.05) is 11.9 Å². The summed E-state index contributed by atoms with van der Waals surface area (Å²) in [6, 6.07) is 6.77. The fraction of sp³-hybridized carbons (Fsp3) is 0.375. The number of aryl methyl sites for hydroxylation is 1. The number of hydrogen-bond donors (Lipinski definition) is 1. The molecule has 1 N–H and O–H groups in total. The van der Waals surface area contributed by atoms with Crippen molar-refractivity contribution >= 4 is 5.82 Å². The molecular formula is C16H18FN3. The van der Waals surface area contributed by atoms with E-state index in [0.29, 0.717) is 11.7 Å². The molecule has 0 atom stereocenters. The summed E-state index contributed by atoms with van der Waals surface area (Å²) in [5.41, 5.74) is 2.85. The number of aromatic nitrogens is 2. The Hall–Kier alpha value is -1.97. The number of nitrogens with one attached hydrogen (secondary N) is 1. The number of nitrogens with zero attached hydrogens (tertiary/aromatic N) is 2. The van der Waals surface area contributed by atoms with Gasteiger partial charge in [0, 0.05) is 29.8 Å². The average molecular weight is 271 g/mol. The monoisotopic (exact) mass is 271 g/mol. The molecule has 1 aromatic carbocycles. The van der Waals surface area contributed by atoms with Crippen LogP contribution in [0.4, 0.5) is 10.2 Å². The summed E-state index contributed by atoms with van der Waals surface area (Å²) in [4.78, 5) is 9.21. The van der Waals surface area contributed by atoms with E-state index in [1.165, 1.54) is 25.0 Å². The normalized spacial score (nSPS) is 14.3. The molecule has 1 heterocycles. The van der Waals surface area contributed by atoms with Crippen molar-refractivity contribution in [3.05, 3.63) is 41.3 Å². The van der Waals surface area contributed by atoms with Crippen LogP contribution in [0.5, 0.6) is 0 Å². The van der Waals surface area contributed by atoms with Crippen molar-refractivity contribution in [2.45, 2.75) is 32.6 Å². The molecular weight excluding hydrogens is 253 g/mol. The zero-order chi connectivity index (χ0) is 14.1. The van der Waals surface area contributed by atoms with Crippen LogP contribution in [0.15, 0.2) is 24.3 Å². The average Bonchev–Trinajstić information content (AvgIpc) is 3.23.